The molecular weight excluding hydrogens is 635 g/mol. The second-order valence-corrected chi connectivity index (χ2v) is 14.3. The number of carbonyl (C=O) groups is 2. The minimum Gasteiger partial charge on any atom is -0.493 e. The lowest BCUT2D eigenvalue weighted by Crippen LogP contribution is -2.55. The average Bonchev–Trinajstić information content (AvgIpc) is 3.54. The molecular formula is C41H60FN2O6+. The van der Waals surface area contributed by atoms with E-state index in [1.54, 1.807) is 31.4 Å². The predicted octanol–water partition coefficient (Wildman–Crippen LogP) is 10.3. The van der Waals surface area contributed by atoms with Gasteiger partial charge in [-0.15, -0.1) is 0 Å². The number of piperidine rings is 1. The lowest BCUT2D eigenvalue weighted by molar-refractivity contribution is -0.948. The number of ether oxygens (including phenoxy) is 3. The molecule has 4 rings (SSSR count). The zero-order chi connectivity index (χ0) is 35.6. The highest BCUT2D eigenvalue weighted by Crippen LogP contribution is 2.36. The minimum absolute atomic E-state index is 0.0286. The van der Waals surface area contributed by atoms with E-state index in [1.165, 1.54) is 89.7 Å². The molecule has 0 radical (unpaired) electrons. The monoisotopic (exact) mass is 695 g/mol. The number of fused-ring (bicyclic) bond motifs is 1. The highest BCUT2D eigenvalue weighted by atomic mass is 19.1. The number of quaternary nitrogens is 1. The molecule has 0 spiro atoms. The summed E-state index contributed by atoms with van der Waals surface area (Å²) in [6.45, 7) is 7.03. The molecule has 0 amide bonds. The van der Waals surface area contributed by atoms with Gasteiger partial charge in [0.1, 0.15) is 5.82 Å². The van der Waals surface area contributed by atoms with Crippen LogP contribution in [0.3, 0.4) is 0 Å². The number of halogens is 1. The topological polar surface area (TPSA) is 87.9 Å². The van der Waals surface area contributed by atoms with Gasteiger partial charge in [-0.2, -0.15) is 0 Å². The van der Waals surface area contributed by atoms with Crippen molar-refractivity contribution in [2.75, 3.05) is 40.1 Å². The number of esters is 1. The molecule has 276 valence electrons. The summed E-state index contributed by atoms with van der Waals surface area (Å²) in [6, 6.07) is 9.81. The highest BCUT2D eigenvalue weighted by Gasteiger charge is 2.37. The number of rotatable bonds is 24. The third kappa shape index (κ3) is 12.4. The summed E-state index contributed by atoms with van der Waals surface area (Å²) in [5.41, 5.74) is 1.92. The number of Topliss-reactive ketones (excluding diaryl/α,β-unsaturated/α-hetero) is 1. The van der Waals surface area contributed by atoms with E-state index in [0.717, 1.165) is 62.8 Å². The molecule has 1 fully saturated rings. The molecule has 0 atom stereocenters. The first-order valence-corrected chi connectivity index (χ1v) is 19.2. The Bertz CT molecular complexity index is 1460. The van der Waals surface area contributed by atoms with Crippen LogP contribution in [-0.2, 0) is 9.53 Å². The van der Waals surface area contributed by atoms with Gasteiger partial charge in [0, 0.05) is 48.6 Å². The molecule has 0 bridgehead atoms. The Hall–Kier alpha value is -3.46. The van der Waals surface area contributed by atoms with E-state index in [9.17, 15) is 14.0 Å². The number of hydrogen-bond acceptors (Lipinski definition) is 7. The Balaban J connectivity index is 1.23. The first kappa shape index (κ1) is 39.3. The number of unbranched alkanes of at least 4 members (excludes halogenated alkanes) is 12. The SMILES string of the molecule is CCCCCCCCCCCCCCCC(=O)OC[N+]1(CCCOc2ccc(C(C)=O)cc2OC)CCC(c2noc3cc(F)ccc23)CC1. The van der Waals surface area contributed by atoms with Gasteiger partial charge in [0.2, 0.25) is 6.73 Å². The molecule has 1 aromatic heterocycles. The predicted molar refractivity (Wildman–Crippen MR) is 195 cm³/mol. The quantitative estimate of drug-likeness (QED) is 0.0399. The van der Waals surface area contributed by atoms with Crippen molar-refractivity contribution in [3.63, 3.8) is 0 Å². The van der Waals surface area contributed by atoms with Crippen LogP contribution in [-0.4, -0.2) is 61.5 Å². The molecule has 0 unspecified atom stereocenters. The Labute approximate surface area is 298 Å². The molecule has 0 aliphatic carbocycles. The third-order valence-corrected chi connectivity index (χ3v) is 10.3. The van der Waals surface area contributed by atoms with Gasteiger partial charge in [0.05, 0.1) is 39.0 Å². The Kier molecular flexibility index (Phi) is 16.5. The first-order valence-electron chi connectivity index (χ1n) is 19.2. The van der Waals surface area contributed by atoms with Crippen LogP contribution >= 0.6 is 0 Å². The fourth-order valence-corrected chi connectivity index (χ4v) is 7.19. The van der Waals surface area contributed by atoms with Gasteiger partial charge in [-0.1, -0.05) is 89.1 Å². The summed E-state index contributed by atoms with van der Waals surface area (Å²) in [7, 11) is 1.57. The lowest BCUT2D eigenvalue weighted by atomic mass is 9.90. The van der Waals surface area contributed by atoms with E-state index >= 15 is 0 Å². The van der Waals surface area contributed by atoms with Crippen LogP contribution in [0.2, 0.25) is 0 Å². The van der Waals surface area contributed by atoms with Crippen LogP contribution in [0.1, 0.15) is 145 Å². The summed E-state index contributed by atoms with van der Waals surface area (Å²) in [5, 5.41) is 5.18. The number of hydrogen-bond donors (Lipinski definition) is 0. The van der Waals surface area contributed by atoms with Crippen LogP contribution in [0.15, 0.2) is 40.9 Å². The molecule has 2 heterocycles. The van der Waals surface area contributed by atoms with Crippen LogP contribution in [0, 0.1) is 5.82 Å². The smallest absolute Gasteiger partial charge is 0.310 e. The van der Waals surface area contributed by atoms with Crippen molar-refractivity contribution in [3.8, 4) is 11.5 Å². The molecule has 50 heavy (non-hydrogen) atoms. The van der Waals surface area contributed by atoms with Crippen molar-refractivity contribution in [1.82, 2.24) is 5.16 Å². The molecule has 2 aromatic carbocycles. The fourth-order valence-electron chi connectivity index (χ4n) is 7.19. The van der Waals surface area contributed by atoms with E-state index in [2.05, 4.69) is 12.1 Å². The zero-order valence-corrected chi connectivity index (χ0v) is 30.8. The number of carbonyl (C=O) groups excluding carboxylic acids is 2. The van der Waals surface area contributed by atoms with Crippen molar-refractivity contribution in [1.29, 1.82) is 0 Å². The number of aromatic nitrogens is 1. The van der Waals surface area contributed by atoms with E-state index in [0.29, 0.717) is 46.9 Å². The summed E-state index contributed by atoms with van der Waals surface area (Å²) >= 11 is 0. The second-order valence-electron chi connectivity index (χ2n) is 14.3. The van der Waals surface area contributed by atoms with Gasteiger partial charge in [-0.05, 0) is 43.7 Å². The number of methoxy groups -OCH3 is 1. The van der Waals surface area contributed by atoms with Crippen LogP contribution < -0.4 is 9.47 Å². The van der Waals surface area contributed by atoms with Gasteiger partial charge >= 0.3 is 5.97 Å². The normalized spacial score (nSPS) is 17.6. The third-order valence-electron chi connectivity index (χ3n) is 10.3. The van der Waals surface area contributed by atoms with E-state index < -0.39 is 0 Å². The van der Waals surface area contributed by atoms with Crippen molar-refractivity contribution in [2.45, 2.75) is 129 Å². The van der Waals surface area contributed by atoms with Gasteiger partial charge in [-0.25, -0.2) is 4.39 Å². The Morgan fingerprint density at radius 1 is 0.860 bits per heavy atom. The maximum atomic E-state index is 13.7. The Morgan fingerprint density at radius 2 is 1.52 bits per heavy atom. The molecule has 0 saturated carbocycles. The summed E-state index contributed by atoms with van der Waals surface area (Å²) < 4.78 is 37.4. The highest BCUT2D eigenvalue weighted by molar-refractivity contribution is 5.94. The number of ketones is 1. The molecule has 1 aliphatic heterocycles. The number of benzene rings is 2. The fraction of sp³-hybridized carbons (Fsp3) is 0.634. The van der Waals surface area contributed by atoms with Crippen LogP contribution in [0.4, 0.5) is 4.39 Å². The van der Waals surface area contributed by atoms with Gasteiger partial charge < -0.3 is 18.7 Å². The molecule has 1 saturated heterocycles. The maximum Gasteiger partial charge on any atom is 0.310 e. The van der Waals surface area contributed by atoms with Crippen LogP contribution in [0.5, 0.6) is 11.5 Å². The summed E-state index contributed by atoms with van der Waals surface area (Å²) in [4.78, 5) is 24.7. The second kappa shape index (κ2) is 21.0. The van der Waals surface area contributed by atoms with Crippen molar-refractivity contribution < 1.29 is 37.2 Å². The standard InChI is InChI=1S/C41H60FN2O6/c1-4-5-6-7-8-9-10-11-12-13-14-15-16-18-40(46)49-31-44(25-17-28-48-37-22-19-34(32(2)45)29-39(37)47-3)26-23-33(24-27-44)41-36-21-20-35(42)30-38(36)50-43-41/h19-22,29-30,33H,4-18,23-28,31H2,1-3H3/q+1. The summed E-state index contributed by atoms with van der Waals surface area (Å²) in [6.07, 6.45) is 19.5. The maximum absolute atomic E-state index is 13.7. The van der Waals surface area contributed by atoms with Gasteiger partial charge in [-0.3, -0.25) is 14.1 Å². The molecule has 0 N–H and O–H groups in total. The van der Waals surface area contributed by atoms with Crippen molar-refractivity contribution >= 4 is 22.7 Å². The van der Waals surface area contributed by atoms with Gasteiger partial charge in [0.15, 0.2) is 22.9 Å². The van der Waals surface area contributed by atoms with E-state index in [1.807, 2.05) is 0 Å². The Morgan fingerprint density at radius 3 is 2.16 bits per heavy atom. The number of nitrogens with zero attached hydrogens (tertiary/aromatic N) is 2. The molecule has 1 aliphatic rings. The van der Waals surface area contributed by atoms with Gasteiger partial charge in [0.25, 0.3) is 0 Å². The van der Waals surface area contributed by atoms with E-state index in [-0.39, 0.29) is 23.5 Å². The minimum atomic E-state index is -0.338. The summed E-state index contributed by atoms with van der Waals surface area (Å²) in [5.74, 6) is 0.831. The van der Waals surface area contributed by atoms with E-state index in [4.69, 9.17) is 18.7 Å². The number of likely N-dealkylation sites (tertiary alicyclic amines) is 1. The molecule has 9 heteroatoms. The average molecular weight is 696 g/mol. The van der Waals surface area contributed by atoms with Crippen molar-refractivity contribution in [2.24, 2.45) is 0 Å². The zero-order valence-electron chi connectivity index (χ0n) is 30.8. The molecule has 3 aromatic rings. The largest absolute Gasteiger partial charge is 0.493 e. The lowest BCUT2D eigenvalue weighted by Gasteiger charge is -2.42. The van der Waals surface area contributed by atoms with Crippen molar-refractivity contribution in [3.05, 3.63) is 53.5 Å². The van der Waals surface area contributed by atoms with Crippen LogP contribution in [0.25, 0.3) is 11.0 Å². The molecule has 8 nitrogen and oxygen atoms in total. The first-order chi connectivity index (χ1) is 24.3.